The van der Waals surface area contributed by atoms with E-state index in [1.165, 1.54) is 15.6 Å². The van der Waals surface area contributed by atoms with Crippen LogP contribution in [-0.2, 0) is 21.3 Å². The van der Waals surface area contributed by atoms with Gasteiger partial charge >= 0.3 is 0 Å². The van der Waals surface area contributed by atoms with Crippen LogP contribution in [0.5, 0.6) is 0 Å². The van der Waals surface area contributed by atoms with Gasteiger partial charge in [-0.15, -0.1) is 11.3 Å². The normalized spacial score (nSPS) is 12.5. The number of nitrogens with zero attached hydrogens (tertiary/aromatic N) is 2. The molecule has 0 fully saturated rings. The highest BCUT2D eigenvalue weighted by atomic mass is 32.2. The minimum Gasteiger partial charge on any atom is -0.378 e. The minimum atomic E-state index is -3.26. The Morgan fingerprint density at radius 3 is 2.76 bits per heavy atom. The third-order valence-electron chi connectivity index (χ3n) is 2.14. The molecule has 0 N–H and O–H groups in total. The molecule has 0 unspecified atom stereocenters. The molecule has 1 rings (SSSR count). The quantitative estimate of drug-likeness (QED) is 0.755. The standard InChI is InChI=1S/C10H18N2O3S2/c1-9(2)15-4-5-17(13,14)12(3)6-10-7-16-8-11-10/h7-9H,4-6H2,1-3H3. The smallest absolute Gasteiger partial charge is 0.216 e. The lowest BCUT2D eigenvalue weighted by Crippen LogP contribution is -2.31. The maximum Gasteiger partial charge on any atom is 0.216 e. The first-order valence-corrected chi connectivity index (χ1v) is 7.89. The van der Waals surface area contributed by atoms with Crippen molar-refractivity contribution in [1.82, 2.24) is 9.29 Å². The molecule has 0 aromatic carbocycles. The van der Waals surface area contributed by atoms with E-state index in [0.29, 0.717) is 6.54 Å². The molecule has 0 spiro atoms. The second kappa shape index (κ2) is 6.44. The van der Waals surface area contributed by atoms with Gasteiger partial charge in [0.15, 0.2) is 0 Å². The average molecular weight is 278 g/mol. The molecule has 1 aromatic rings. The highest BCUT2D eigenvalue weighted by Gasteiger charge is 2.18. The Hall–Kier alpha value is -0.500. The molecule has 1 aromatic heterocycles. The zero-order chi connectivity index (χ0) is 12.9. The van der Waals surface area contributed by atoms with Crippen LogP contribution in [0.4, 0.5) is 0 Å². The van der Waals surface area contributed by atoms with E-state index in [9.17, 15) is 8.42 Å². The average Bonchev–Trinajstić information content (AvgIpc) is 2.69. The van der Waals surface area contributed by atoms with Crippen LogP contribution >= 0.6 is 11.3 Å². The van der Waals surface area contributed by atoms with Gasteiger partial charge in [0.05, 0.1) is 36.2 Å². The van der Waals surface area contributed by atoms with Crippen LogP contribution in [0.2, 0.25) is 0 Å². The molecular weight excluding hydrogens is 260 g/mol. The van der Waals surface area contributed by atoms with E-state index >= 15 is 0 Å². The van der Waals surface area contributed by atoms with Crippen LogP contribution in [0, 0.1) is 0 Å². The van der Waals surface area contributed by atoms with Gasteiger partial charge in [-0.25, -0.2) is 13.4 Å². The van der Waals surface area contributed by atoms with Crippen molar-refractivity contribution in [1.29, 1.82) is 0 Å². The minimum absolute atomic E-state index is 0.00577. The topological polar surface area (TPSA) is 59.5 Å². The van der Waals surface area contributed by atoms with Gasteiger partial charge in [0.25, 0.3) is 0 Å². The highest BCUT2D eigenvalue weighted by Crippen LogP contribution is 2.08. The molecule has 0 atom stereocenters. The zero-order valence-corrected chi connectivity index (χ0v) is 11.9. The largest absolute Gasteiger partial charge is 0.378 e. The number of sulfonamides is 1. The Morgan fingerprint density at radius 2 is 2.24 bits per heavy atom. The molecule has 0 bridgehead atoms. The summed E-state index contributed by atoms with van der Waals surface area (Å²) in [5.74, 6) is 0.00577. The number of thiazole rings is 1. The van der Waals surface area contributed by atoms with Crippen molar-refractivity contribution < 1.29 is 13.2 Å². The molecule has 98 valence electrons. The monoisotopic (exact) mass is 278 g/mol. The number of hydrogen-bond acceptors (Lipinski definition) is 5. The summed E-state index contributed by atoms with van der Waals surface area (Å²) in [4.78, 5) is 4.06. The summed E-state index contributed by atoms with van der Waals surface area (Å²) >= 11 is 1.46. The molecule has 1 heterocycles. The predicted octanol–water partition coefficient (Wildman–Crippen LogP) is 1.33. The van der Waals surface area contributed by atoms with Crippen molar-refractivity contribution in [3.8, 4) is 0 Å². The zero-order valence-electron chi connectivity index (χ0n) is 10.3. The van der Waals surface area contributed by atoms with Gasteiger partial charge in [-0.2, -0.15) is 4.31 Å². The third-order valence-corrected chi connectivity index (χ3v) is 4.53. The first kappa shape index (κ1) is 14.6. The summed E-state index contributed by atoms with van der Waals surface area (Å²) in [7, 11) is -1.70. The Labute approximate surface area is 106 Å². The molecule has 0 saturated carbocycles. The Morgan fingerprint density at radius 1 is 1.53 bits per heavy atom. The molecular formula is C10H18N2O3S2. The van der Waals surface area contributed by atoms with Gasteiger partial charge in [0.2, 0.25) is 10.0 Å². The van der Waals surface area contributed by atoms with Gasteiger partial charge in [-0.1, -0.05) is 0 Å². The summed E-state index contributed by atoms with van der Waals surface area (Å²) in [5.41, 5.74) is 2.46. The van der Waals surface area contributed by atoms with Gasteiger partial charge in [-0.3, -0.25) is 0 Å². The summed E-state index contributed by atoms with van der Waals surface area (Å²) in [6.45, 7) is 4.30. The van der Waals surface area contributed by atoms with Gasteiger partial charge in [0.1, 0.15) is 0 Å². The van der Waals surface area contributed by atoms with Crippen LogP contribution in [-0.4, -0.2) is 43.2 Å². The van der Waals surface area contributed by atoms with Crippen LogP contribution in [0.1, 0.15) is 19.5 Å². The fourth-order valence-electron chi connectivity index (χ4n) is 1.19. The van der Waals surface area contributed by atoms with Crippen molar-refractivity contribution in [3.05, 3.63) is 16.6 Å². The van der Waals surface area contributed by atoms with Crippen LogP contribution < -0.4 is 0 Å². The van der Waals surface area contributed by atoms with Crippen molar-refractivity contribution in [2.45, 2.75) is 26.5 Å². The Kier molecular flexibility index (Phi) is 5.51. The van der Waals surface area contributed by atoms with Crippen molar-refractivity contribution in [2.75, 3.05) is 19.4 Å². The molecule has 0 aliphatic heterocycles. The highest BCUT2D eigenvalue weighted by molar-refractivity contribution is 7.89. The number of ether oxygens (including phenoxy) is 1. The van der Waals surface area contributed by atoms with Crippen LogP contribution in [0.15, 0.2) is 10.9 Å². The molecule has 17 heavy (non-hydrogen) atoms. The van der Waals surface area contributed by atoms with E-state index in [2.05, 4.69) is 4.98 Å². The number of rotatable bonds is 7. The van der Waals surface area contributed by atoms with Gasteiger partial charge in [0, 0.05) is 12.4 Å². The molecule has 0 saturated heterocycles. The van der Waals surface area contributed by atoms with Crippen molar-refractivity contribution in [3.63, 3.8) is 0 Å². The molecule has 5 nitrogen and oxygen atoms in total. The van der Waals surface area contributed by atoms with Crippen molar-refractivity contribution in [2.24, 2.45) is 0 Å². The second-order valence-electron chi connectivity index (χ2n) is 3.97. The number of hydrogen-bond donors (Lipinski definition) is 0. The lowest BCUT2D eigenvalue weighted by atomic mass is 10.5. The maximum absolute atomic E-state index is 11.9. The number of aromatic nitrogens is 1. The molecule has 0 radical (unpaired) electrons. The second-order valence-corrected chi connectivity index (χ2v) is 6.89. The first-order chi connectivity index (χ1) is 7.92. The van der Waals surface area contributed by atoms with E-state index in [0.717, 1.165) is 5.69 Å². The summed E-state index contributed by atoms with van der Waals surface area (Å²) in [6.07, 6.45) is 0.0500. The van der Waals surface area contributed by atoms with Crippen LogP contribution in [0.3, 0.4) is 0 Å². The summed E-state index contributed by atoms with van der Waals surface area (Å²) in [6, 6.07) is 0. The fraction of sp³-hybridized carbons (Fsp3) is 0.700. The molecule has 0 amide bonds. The van der Waals surface area contributed by atoms with E-state index in [1.807, 2.05) is 19.2 Å². The molecule has 0 aliphatic rings. The lowest BCUT2D eigenvalue weighted by molar-refractivity contribution is 0.0907. The first-order valence-electron chi connectivity index (χ1n) is 5.34. The predicted molar refractivity (Wildman–Crippen MR) is 68.5 cm³/mol. The van der Waals surface area contributed by atoms with E-state index in [1.54, 1.807) is 12.6 Å². The van der Waals surface area contributed by atoms with E-state index in [4.69, 9.17) is 4.74 Å². The molecule has 0 aliphatic carbocycles. The maximum atomic E-state index is 11.9. The van der Waals surface area contributed by atoms with Crippen molar-refractivity contribution >= 4 is 21.4 Å². The Balaban J connectivity index is 2.46. The van der Waals surface area contributed by atoms with Gasteiger partial charge < -0.3 is 4.74 Å². The summed E-state index contributed by atoms with van der Waals surface area (Å²) in [5, 5.41) is 1.84. The van der Waals surface area contributed by atoms with Gasteiger partial charge in [-0.05, 0) is 13.8 Å². The molecule has 7 heteroatoms. The summed E-state index contributed by atoms with van der Waals surface area (Å²) < 4.78 is 30.3. The lowest BCUT2D eigenvalue weighted by Gasteiger charge is -2.16. The fourth-order valence-corrected chi connectivity index (χ4v) is 2.68. The van der Waals surface area contributed by atoms with Crippen LogP contribution in [0.25, 0.3) is 0 Å². The Bertz CT molecular complexity index is 415. The van der Waals surface area contributed by atoms with E-state index < -0.39 is 10.0 Å². The third kappa shape index (κ3) is 5.12. The SMILES string of the molecule is CC(C)OCCS(=O)(=O)N(C)Cc1cscn1. The van der Waals surface area contributed by atoms with E-state index in [-0.39, 0.29) is 18.5 Å².